The first-order valence-corrected chi connectivity index (χ1v) is 14.1. The highest BCUT2D eigenvalue weighted by Gasteiger charge is 2.13. The van der Waals surface area contributed by atoms with Crippen LogP contribution < -0.4 is 10.1 Å². The van der Waals surface area contributed by atoms with Crippen molar-refractivity contribution in [3.8, 4) is 16.9 Å². The number of rotatable bonds is 14. The molecule has 0 heterocycles. The zero-order valence-electron chi connectivity index (χ0n) is 23.9. The van der Waals surface area contributed by atoms with Gasteiger partial charge in [-0.15, -0.1) is 0 Å². The number of carboxylic acids is 1. The molecular weight excluding hydrogens is 486 g/mol. The summed E-state index contributed by atoms with van der Waals surface area (Å²) in [4.78, 5) is 22.6. The molecule has 0 fully saturated rings. The van der Waals surface area contributed by atoms with Gasteiger partial charge in [0.15, 0.2) is 0 Å². The minimum absolute atomic E-state index is 0.0732. The third-order valence-electron chi connectivity index (χ3n) is 6.98. The number of ether oxygens (including phenoxy) is 1. The van der Waals surface area contributed by atoms with Gasteiger partial charge in [0.1, 0.15) is 5.75 Å². The lowest BCUT2D eigenvalue weighted by Gasteiger charge is -2.19. The largest absolute Gasteiger partial charge is 0.494 e. The fourth-order valence-electron chi connectivity index (χ4n) is 4.56. The van der Waals surface area contributed by atoms with Gasteiger partial charge in [0.2, 0.25) is 0 Å². The topological polar surface area (TPSA) is 75.6 Å². The number of nitrogens with one attached hydrogen (secondary N) is 1. The van der Waals surface area contributed by atoms with Crippen LogP contribution in [0.1, 0.15) is 86.3 Å². The van der Waals surface area contributed by atoms with Crippen molar-refractivity contribution in [2.45, 2.75) is 78.1 Å². The summed E-state index contributed by atoms with van der Waals surface area (Å²) in [5.41, 5.74) is 6.98. The zero-order valence-corrected chi connectivity index (χ0v) is 23.9. The molecule has 39 heavy (non-hydrogen) atoms. The number of amides is 1. The van der Waals surface area contributed by atoms with Crippen LogP contribution in [0, 0.1) is 6.92 Å². The third kappa shape index (κ3) is 9.90. The minimum atomic E-state index is -0.920. The van der Waals surface area contributed by atoms with E-state index in [1.807, 2.05) is 12.1 Å². The lowest BCUT2D eigenvalue weighted by molar-refractivity contribution is -0.136. The van der Waals surface area contributed by atoms with Gasteiger partial charge in [-0.3, -0.25) is 9.59 Å². The highest BCUT2D eigenvalue weighted by Crippen LogP contribution is 2.30. The van der Waals surface area contributed by atoms with Gasteiger partial charge in [-0.25, -0.2) is 0 Å². The number of aliphatic carboxylic acids is 1. The molecule has 0 aliphatic rings. The number of hydrogen-bond donors (Lipinski definition) is 2. The van der Waals surface area contributed by atoms with E-state index in [1.165, 1.54) is 40.7 Å². The fraction of sp³-hybridized carbons (Fsp3) is 0.412. The van der Waals surface area contributed by atoms with Gasteiger partial charge in [0.25, 0.3) is 5.91 Å². The van der Waals surface area contributed by atoms with Gasteiger partial charge in [-0.2, -0.15) is 0 Å². The van der Waals surface area contributed by atoms with Gasteiger partial charge in [-0.1, -0.05) is 82.5 Å². The van der Waals surface area contributed by atoms with Crippen molar-refractivity contribution in [1.82, 2.24) is 5.32 Å². The second kappa shape index (κ2) is 14.5. The Morgan fingerprint density at radius 2 is 1.51 bits per heavy atom. The maximum Gasteiger partial charge on any atom is 0.305 e. The van der Waals surface area contributed by atoms with Crippen molar-refractivity contribution >= 4 is 11.9 Å². The molecule has 2 N–H and O–H groups in total. The van der Waals surface area contributed by atoms with Gasteiger partial charge in [-0.05, 0) is 83.7 Å². The average Bonchev–Trinajstić information content (AvgIpc) is 2.90. The molecule has 0 unspecified atom stereocenters. The van der Waals surface area contributed by atoms with Crippen LogP contribution >= 0.6 is 0 Å². The SMILES string of the molecule is Cc1cc(OCCCCCCCc2ccc(C(=O)NCCC(=O)O)cc2)ccc1-c1ccc(C(C)(C)C)cc1. The van der Waals surface area contributed by atoms with Crippen LogP contribution in [0.15, 0.2) is 66.7 Å². The van der Waals surface area contributed by atoms with Crippen LogP contribution in [-0.2, 0) is 16.6 Å². The molecule has 208 valence electrons. The minimum Gasteiger partial charge on any atom is -0.494 e. The smallest absolute Gasteiger partial charge is 0.305 e. The van der Waals surface area contributed by atoms with Crippen molar-refractivity contribution in [3.05, 3.63) is 89.0 Å². The summed E-state index contributed by atoms with van der Waals surface area (Å²) in [5.74, 6) is -0.222. The number of carbonyl (C=O) groups excluding carboxylic acids is 1. The Labute approximate surface area is 233 Å². The third-order valence-corrected chi connectivity index (χ3v) is 6.98. The van der Waals surface area contributed by atoms with E-state index in [-0.39, 0.29) is 24.3 Å². The number of carboxylic acid groups (broad SMARTS) is 1. The van der Waals surface area contributed by atoms with Crippen molar-refractivity contribution in [1.29, 1.82) is 0 Å². The molecule has 1 amide bonds. The van der Waals surface area contributed by atoms with E-state index >= 15 is 0 Å². The monoisotopic (exact) mass is 529 g/mol. The first-order chi connectivity index (χ1) is 18.6. The van der Waals surface area contributed by atoms with Crippen LogP contribution in [0.3, 0.4) is 0 Å². The van der Waals surface area contributed by atoms with Gasteiger partial charge >= 0.3 is 5.97 Å². The van der Waals surface area contributed by atoms with Crippen molar-refractivity contribution in [2.24, 2.45) is 0 Å². The maximum absolute atomic E-state index is 12.0. The first-order valence-electron chi connectivity index (χ1n) is 14.1. The first kappa shape index (κ1) is 29.9. The van der Waals surface area contributed by atoms with Gasteiger partial charge in [0.05, 0.1) is 13.0 Å². The molecule has 0 saturated heterocycles. The van der Waals surface area contributed by atoms with E-state index in [1.54, 1.807) is 12.1 Å². The lowest BCUT2D eigenvalue weighted by Crippen LogP contribution is -2.25. The Morgan fingerprint density at radius 1 is 0.846 bits per heavy atom. The molecule has 0 aliphatic carbocycles. The van der Waals surface area contributed by atoms with E-state index in [2.05, 4.69) is 75.5 Å². The van der Waals surface area contributed by atoms with E-state index in [0.717, 1.165) is 38.0 Å². The summed E-state index contributed by atoms with van der Waals surface area (Å²) < 4.78 is 6.02. The van der Waals surface area contributed by atoms with E-state index in [4.69, 9.17) is 9.84 Å². The molecule has 0 atom stereocenters. The number of benzene rings is 3. The Balaban J connectivity index is 1.30. The Morgan fingerprint density at radius 3 is 2.15 bits per heavy atom. The number of unbranched alkanes of at least 4 members (excludes halogenated alkanes) is 4. The van der Waals surface area contributed by atoms with Crippen LogP contribution in [0.5, 0.6) is 5.75 Å². The molecular formula is C34H43NO4. The molecule has 0 aliphatic heterocycles. The van der Waals surface area contributed by atoms with E-state index in [0.29, 0.717) is 5.56 Å². The molecule has 3 aromatic carbocycles. The summed E-state index contributed by atoms with van der Waals surface area (Å²) >= 11 is 0. The summed E-state index contributed by atoms with van der Waals surface area (Å²) in [7, 11) is 0. The zero-order chi connectivity index (χ0) is 28.3. The van der Waals surface area contributed by atoms with Crippen LogP contribution in [-0.4, -0.2) is 30.1 Å². The van der Waals surface area contributed by atoms with E-state index in [9.17, 15) is 9.59 Å². The molecule has 5 nitrogen and oxygen atoms in total. The van der Waals surface area contributed by atoms with Gasteiger partial charge in [0, 0.05) is 12.1 Å². The summed E-state index contributed by atoms with van der Waals surface area (Å²) in [6.07, 6.45) is 6.56. The highest BCUT2D eigenvalue weighted by molar-refractivity contribution is 5.94. The molecule has 0 radical (unpaired) electrons. The predicted octanol–water partition coefficient (Wildman–Crippen LogP) is 7.74. The Hall–Kier alpha value is -3.60. The molecule has 0 bridgehead atoms. The van der Waals surface area contributed by atoms with Gasteiger partial charge < -0.3 is 15.2 Å². The predicted molar refractivity (Wildman–Crippen MR) is 159 cm³/mol. The molecule has 3 rings (SSSR count). The maximum atomic E-state index is 12.0. The quantitative estimate of drug-likeness (QED) is 0.210. The molecule has 0 aromatic heterocycles. The number of aryl methyl sites for hydroxylation is 2. The van der Waals surface area contributed by atoms with E-state index < -0.39 is 5.97 Å². The highest BCUT2D eigenvalue weighted by atomic mass is 16.5. The summed E-state index contributed by atoms with van der Waals surface area (Å²) in [5, 5.41) is 11.3. The van der Waals surface area contributed by atoms with Crippen LogP contribution in [0.2, 0.25) is 0 Å². The van der Waals surface area contributed by atoms with Crippen LogP contribution in [0.4, 0.5) is 0 Å². The van der Waals surface area contributed by atoms with Crippen molar-refractivity contribution < 1.29 is 19.4 Å². The Kier molecular flexibility index (Phi) is 11.2. The number of carbonyl (C=O) groups is 2. The van der Waals surface area contributed by atoms with Crippen molar-refractivity contribution in [3.63, 3.8) is 0 Å². The number of hydrogen-bond acceptors (Lipinski definition) is 3. The van der Waals surface area contributed by atoms with Crippen molar-refractivity contribution in [2.75, 3.05) is 13.2 Å². The molecule has 3 aromatic rings. The summed E-state index contributed by atoms with van der Waals surface area (Å²) in [6, 6.07) is 22.8. The molecule has 0 saturated carbocycles. The second-order valence-corrected chi connectivity index (χ2v) is 11.3. The standard InChI is InChI=1S/C34H43NO4/c1-25-24-30(19-20-31(25)27-15-17-29(18-16-27)34(2,3)4)39-23-9-7-5-6-8-10-26-11-13-28(14-12-26)33(38)35-22-21-32(36)37/h11-20,24H,5-10,21-23H2,1-4H3,(H,35,38)(H,36,37). The fourth-order valence-corrected chi connectivity index (χ4v) is 4.56. The molecule has 5 heteroatoms. The lowest BCUT2D eigenvalue weighted by atomic mass is 9.86. The molecule has 0 spiro atoms. The van der Waals surface area contributed by atoms with Crippen LogP contribution in [0.25, 0.3) is 11.1 Å². The summed E-state index contributed by atoms with van der Waals surface area (Å²) in [6.45, 7) is 9.72. The normalized spacial score (nSPS) is 11.3. The second-order valence-electron chi connectivity index (χ2n) is 11.3. The Bertz CT molecular complexity index is 1210. The average molecular weight is 530 g/mol.